The lowest BCUT2D eigenvalue weighted by atomic mass is 10.2. The summed E-state index contributed by atoms with van der Waals surface area (Å²) in [6.07, 6.45) is 0. The molecule has 0 radical (unpaired) electrons. The molecule has 0 atom stereocenters. The van der Waals surface area contributed by atoms with Crippen molar-refractivity contribution in [2.75, 3.05) is 23.5 Å². The molecular weight excluding hydrogens is 516 g/mol. The van der Waals surface area contributed by atoms with Gasteiger partial charge in [0.15, 0.2) is 11.0 Å². The second kappa shape index (κ2) is 11.8. The molecule has 1 aromatic heterocycles. The fourth-order valence-corrected chi connectivity index (χ4v) is 4.47. The van der Waals surface area contributed by atoms with Gasteiger partial charge in [0.1, 0.15) is 5.75 Å². The van der Waals surface area contributed by atoms with E-state index >= 15 is 0 Å². The Morgan fingerprint density at radius 3 is 2.54 bits per heavy atom. The monoisotopic (exact) mass is 538 g/mol. The van der Waals surface area contributed by atoms with Crippen LogP contribution in [0.1, 0.15) is 11.4 Å². The zero-order chi connectivity index (χ0) is 26.4. The number of nitro benzene ring substituents is 1. The first-order valence-corrected chi connectivity index (χ1v) is 12.5. The molecule has 1 amide bonds. The number of nitro groups is 1. The summed E-state index contributed by atoms with van der Waals surface area (Å²) in [5.41, 5.74) is 2.64. The molecule has 4 aromatic rings. The van der Waals surface area contributed by atoms with Crippen LogP contribution in [0.15, 0.2) is 71.9 Å². The van der Waals surface area contributed by atoms with Crippen LogP contribution in [-0.2, 0) is 11.3 Å². The van der Waals surface area contributed by atoms with Crippen LogP contribution in [0.5, 0.6) is 5.75 Å². The van der Waals surface area contributed by atoms with Gasteiger partial charge >= 0.3 is 0 Å². The van der Waals surface area contributed by atoms with Crippen molar-refractivity contribution in [3.8, 4) is 11.4 Å². The maximum absolute atomic E-state index is 12.7. The summed E-state index contributed by atoms with van der Waals surface area (Å²) in [4.78, 5) is 23.2. The SMILES string of the molecule is COc1ccc(-n2c(CNc3ccccc3Cl)nnc2SCC(=O)Nc2ccc([N+](=O)[O-])cc2C)cc1. The van der Waals surface area contributed by atoms with Gasteiger partial charge in [-0.2, -0.15) is 0 Å². The van der Waals surface area contributed by atoms with Crippen LogP contribution in [0.2, 0.25) is 5.02 Å². The molecule has 4 rings (SSSR count). The summed E-state index contributed by atoms with van der Waals surface area (Å²) < 4.78 is 7.13. The molecule has 1 heterocycles. The Hall–Kier alpha value is -4.09. The number of aromatic nitrogens is 3. The summed E-state index contributed by atoms with van der Waals surface area (Å²) in [7, 11) is 1.60. The van der Waals surface area contributed by atoms with E-state index in [0.29, 0.717) is 39.5 Å². The number of amides is 1. The van der Waals surface area contributed by atoms with Crippen LogP contribution >= 0.6 is 23.4 Å². The van der Waals surface area contributed by atoms with Crippen molar-refractivity contribution in [3.05, 3.63) is 93.3 Å². The number of aryl methyl sites for hydroxylation is 1. The number of carbonyl (C=O) groups excluding carboxylic acids is 1. The summed E-state index contributed by atoms with van der Waals surface area (Å²) in [6, 6.07) is 19.1. The molecular formula is C25H23ClN6O4S. The Morgan fingerprint density at radius 2 is 1.86 bits per heavy atom. The second-order valence-corrected chi connectivity index (χ2v) is 9.21. The molecule has 0 unspecified atom stereocenters. The number of ether oxygens (including phenoxy) is 1. The average Bonchev–Trinajstić information content (AvgIpc) is 3.30. The fraction of sp³-hybridized carbons (Fsp3) is 0.160. The van der Waals surface area contributed by atoms with Crippen molar-refractivity contribution < 1.29 is 14.5 Å². The molecule has 0 aliphatic rings. The molecule has 0 saturated carbocycles. The summed E-state index contributed by atoms with van der Waals surface area (Å²) >= 11 is 7.49. The van der Waals surface area contributed by atoms with E-state index < -0.39 is 4.92 Å². The predicted octanol–water partition coefficient (Wildman–Crippen LogP) is 5.49. The van der Waals surface area contributed by atoms with Crippen molar-refractivity contribution in [2.24, 2.45) is 0 Å². The Balaban J connectivity index is 1.52. The van der Waals surface area contributed by atoms with Crippen LogP contribution in [0.4, 0.5) is 17.1 Å². The predicted molar refractivity (Wildman–Crippen MR) is 144 cm³/mol. The first-order chi connectivity index (χ1) is 17.9. The van der Waals surface area contributed by atoms with Crippen LogP contribution in [-0.4, -0.2) is 38.5 Å². The average molecular weight is 539 g/mol. The number of non-ortho nitro benzene ring substituents is 1. The van der Waals surface area contributed by atoms with E-state index in [2.05, 4.69) is 20.8 Å². The molecule has 3 aromatic carbocycles. The first kappa shape index (κ1) is 26.0. The van der Waals surface area contributed by atoms with Crippen LogP contribution in [0.3, 0.4) is 0 Å². The third kappa shape index (κ3) is 6.38. The number of rotatable bonds is 10. The maximum atomic E-state index is 12.7. The number of halogens is 1. The Morgan fingerprint density at radius 1 is 1.11 bits per heavy atom. The molecule has 2 N–H and O–H groups in total. The smallest absolute Gasteiger partial charge is 0.269 e. The van der Waals surface area contributed by atoms with Gasteiger partial charge in [-0.25, -0.2) is 0 Å². The molecule has 12 heteroatoms. The quantitative estimate of drug-likeness (QED) is 0.154. The Bertz CT molecular complexity index is 1430. The number of hydrogen-bond donors (Lipinski definition) is 2. The molecule has 0 fully saturated rings. The minimum atomic E-state index is -0.474. The maximum Gasteiger partial charge on any atom is 0.269 e. The van der Waals surface area contributed by atoms with Gasteiger partial charge in [-0.3, -0.25) is 19.5 Å². The highest BCUT2D eigenvalue weighted by atomic mass is 35.5. The van der Waals surface area contributed by atoms with Crippen molar-refractivity contribution in [2.45, 2.75) is 18.6 Å². The van der Waals surface area contributed by atoms with Gasteiger partial charge in [-0.05, 0) is 55.0 Å². The highest BCUT2D eigenvalue weighted by molar-refractivity contribution is 7.99. The van der Waals surface area contributed by atoms with E-state index in [-0.39, 0.29) is 17.3 Å². The van der Waals surface area contributed by atoms with E-state index in [9.17, 15) is 14.9 Å². The molecule has 0 spiro atoms. The van der Waals surface area contributed by atoms with Crippen LogP contribution in [0.25, 0.3) is 5.69 Å². The fourth-order valence-electron chi connectivity index (χ4n) is 3.50. The highest BCUT2D eigenvalue weighted by Gasteiger charge is 2.17. The molecule has 0 aliphatic carbocycles. The van der Waals surface area contributed by atoms with Crippen molar-refractivity contribution in [1.82, 2.24) is 14.8 Å². The largest absolute Gasteiger partial charge is 0.497 e. The topological polar surface area (TPSA) is 124 Å². The van der Waals surface area contributed by atoms with Gasteiger partial charge in [0.2, 0.25) is 5.91 Å². The summed E-state index contributed by atoms with van der Waals surface area (Å²) in [5, 5.41) is 26.8. The van der Waals surface area contributed by atoms with Gasteiger partial charge in [0.25, 0.3) is 5.69 Å². The zero-order valence-electron chi connectivity index (χ0n) is 20.0. The number of nitrogens with zero attached hydrogens (tertiary/aromatic N) is 4. The Labute approximate surface area is 222 Å². The summed E-state index contributed by atoms with van der Waals surface area (Å²) in [5.74, 6) is 1.11. The lowest BCUT2D eigenvalue weighted by Crippen LogP contribution is -2.15. The van der Waals surface area contributed by atoms with Gasteiger partial charge in [0, 0.05) is 23.5 Å². The Kier molecular flexibility index (Phi) is 8.26. The van der Waals surface area contributed by atoms with Crippen molar-refractivity contribution in [3.63, 3.8) is 0 Å². The number of benzene rings is 3. The van der Waals surface area contributed by atoms with E-state index in [1.807, 2.05) is 47.0 Å². The van der Waals surface area contributed by atoms with Crippen LogP contribution in [0, 0.1) is 17.0 Å². The van der Waals surface area contributed by atoms with Crippen LogP contribution < -0.4 is 15.4 Å². The third-order valence-electron chi connectivity index (χ3n) is 5.37. The molecule has 0 saturated heterocycles. The number of hydrogen-bond acceptors (Lipinski definition) is 8. The first-order valence-electron chi connectivity index (χ1n) is 11.1. The van der Waals surface area contributed by atoms with E-state index in [0.717, 1.165) is 11.4 Å². The van der Waals surface area contributed by atoms with Gasteiger partial charge in [0.05, 0.1) is 35.0 Å². The number of para-hydroxylation sites is 1. The zero-order valence-corrected chi connectivity index (χ0v) is 21.5. The lowest BCUT2D eigenvalue weighted by molar-refractivity contribution is -0.384. The normalized spacial score (nSPS) is 10.7. The molecule has 190 valence electrons. The van der Waals surface area contributed by atoms with E-state index in [4.69, 9.17) is 16.3 Å². The number of carbonyl (C=O) groups is 1. The van der Waals surface area contributed by atoms with Crippen molar-refractivity contribution in [1.29, 1.82) is 0 Å². The van der Waals surface area contributed by atoms with Gasteiger partial charge in [-0.1, -0.05) is 35.5 Å². The molecule has 0 bridgehead atoms. The standard InChI is InChI=1S/C25H23ClN6O4S/c1-16-13-18(32(34)35)9-12-21(16)28-24(33)15-37-25-30-29-23(14-27-22-6-4-3-5-20(22)26)31(25)17-7-10-19(36-2)11-8-17/h3-13,27H,14-15H2,1-2H3,(H,28,33). The van der Waals surface area contributed by atoms with Gasteiger partial charge in [-0.15, -0.1) is 10.2 Å². The molecule has 0 aliphatic heterocycles. The number of methoxy groups -OCH3 is 1. The summed E-state index contributed by atoms with van der Waals surface area (Å²) in [6.45, 7) is 2.05. The second-order valence-electron chi connectivity index (χ2n) is 7.86. The minimum Gasteiger partial charge on any atom is -0.497 e. The lowest BCUT2D eigenvalue weighted by Gasteiger charge is -2.13. The molecule has 37 heavy (non-hydrogen) atoms. The number of nitrogens with one attached hydrogen (secondary N) is 2. The number of anilines is 2. The van der Waals surface area contributed by atoms with E-state index in [1.165, 1.54) is 30.0 Å². The van der Waals surface area contributed by atoms with Crippen molar-refractivity contribution >= 4 is 46.3 Å². The minimum absolute atomic E-state index is 0.0320. The highest BCUT2D eigenvalue weighted by Crippen LogP contribution is 2.27. The molecule has 10 nitrogen and oxygen atoms in total. The van der Waals surface area contributed by atoms with E-state index in [1.54, 1.807) is 20.1 Å². The third-order valence-corrected chi connectivity index (χ3v) is 6.63. The van der Waals surface area contributed by atoms with Gasteiger partial charge < -0.3 is 15.4 Å². The number of thioether (sulfide) groups is 1.